The molecular weight excluding hydrogens is 448 g/mol. The summed E-state index contributed by atoms with van der Waals surface area (Å²) < 4.78 is 33.4. The predicted octanol–water partition coefficient (Wildman–Crippen LogP) is 2.92. The van der Waals surface area contributed by atoms with Crippen molar-refractivity contribution in [3.05, 3.63) is 45.7 Å². The molecule has 0 atom stereocenters. The van der Waals surface area contributed by atoms with Crippen LogP contribution in [0.5, 0.6) is 5.88 Å². The standard InChI is InChI=1S/C22H32N4O6S/c1-15(2)9-11-26-21(28)17(4)16(3)20(22(26)29)25-24-18-5-7-19(8-6-18)33(30,31)23-10-13-32-14-12-27/h5-8,15,23,27,29H,9-14H2,1-4H3/b25-24+. The topological polar surface area (TPSA) is 143 Å². The molecule has 182 valence electrons. The molecule has 0 amide bonds. The van der Waals surface area contributed by atoms with Gasteiger partial charge in [-0.1, -0.05) is 13.8 Å². The van der Waals surface area contributed by atoms with Crippen molar-refractivity contribution >= 4 is 21.4 Å². The van der Waals surface area contributed by atoms with Crippen molar-refractivity contribution < 1.29 is 23.4 Å². The highest BCUT2D eigenvalue weighted by atomic mass is 32.2. The van der Waals surface area contributed by atoms with Gasteiger partial charge in [0.1, 0.15) is 5.69 Å². The number of azo groups is 1. The average Bonchev–Trinajstić information content (AvgIpc) is 2.77. The highest BCUT2D eigenvalue weighted by Gasteiger charge is 2.17. The predicted molar refractivity (Wildman–Crippen MR) is 125 cm³/mol. The molecule has 0 saturated carbocycles. The van der Waals surface area contributed by atoms with E-state index in [1.807, 2.05) is 13.8 Å². The zero-order valence-corrected chi connectivity index (χ0v) is 20.2. The number of aliphatic hydroxyl groups is 1. The summed E-state index contributed by atoms with van der Waals surface area (Å²) in [6.07, 6.45) is 0.726. The molecule has 0 radical (unpaired) electrons. The number of nitrogens with one attached hydrogen (secondary N) is 1. The minimum absolute atomic E-state index is 0.0562. The number of ether oxygens (including phenoxy) is 1. The van der Waals surface area contributed by atoms with E-state index in [0.29, 0.717) is 29.3 Å². The van der Waals surface area contributed by atoms with Gasteiger partial charge in [-0.3, -0.25) is 9.36 Å². The molecule has 11 heteroatoms. The molecule has 0 fully saturated rings. The van der Waals surface area contributed by atoms with Crippen LogP contribution in [0.1, 0.15) is 31.4 Å². The third-order valence-electron chi connectivity index (χ3n) is 5.07. The number of rotatable bonds is 12. The summed E-state index contributed by atoms with van der Waals surface area (Å²) >= 11 is 0. The maximum Gasteiger partial charge on any atom is 0.256 e. The summed E-state index contributed by atoms with van der Waals surface area (Å²) in [5, 5.41) is 27.6. The molecule has 0 unspecified atom stereocenters. The van der Waals surface area contributed by atoms with Crippen LogP contribution in [-0.4, -0.2) is 49.6 Å². The molecule has 0 aliphatic carbocycles. The van der Waals surface area contributed by atoms with E-state index in [2.05, 4.69) is 15.0 Å². The van der Waals surface area contributed by atoms with E-state index in [1.165, 1.54) is 28.8 Å². The van der Waals surface area contributed by atoms with Crippen molar-refractivity contribution in [3.63, 3.8) is 0 Å². The van der Waals surface area contributed by atoms with Gasteiger partial charge >= 0.3 is 0 Å². The zero-order valence-electron chi connectivity index (χ0n) is 19.4. The van der Waals surface area contributed by atoms with Crippen LogP contribution in [0.3, 0.4) is 0 Å². The molecule has 2 rings (SSSR count). The smallest absolute Gasteiger partial charge is 0.256 e. The fraction of sp³-hybridized carbons (Fsp3) is 0.500. The maximum atomic E-state index is 12.6. The normalized spacial score (nSPS) is 12.2. The highest BCUT2D eigenvalue weighted by molar-refractivity contribution is 7.89. The van der Waals surface area contributed by atoms with Crippen molar-refractivity contribution in [2.24, 2.45) is 16.1 Å². The van der Waals surface area contributed by atoms with Crippen LogP contribution in [0.2, 0.25) is 0 Å². The van der Waals surface area contributed by atoms with Gasteiger partial charge in [0.2, 0.25) is 15.9 Å². The van der Waals surface area contributed by atoms with Gasteiger partial charge in [0.05, 0.1) is 30.4 Å². The number of hydrogen-bond donors (Lipinski definition) is 3. The van der Waals surface area contributed by atoms with E-state index >= 15 is 0 Å². The fourth-order valence-electron chi connectivity index (χ4n) is 2.94. The van der Waals surface area contributed by atoms with Gasteiger partial charge in [-0.15, -0.1) is 5.11 Å². The van der Waals surface area contributed by atoms with Crippen LogP contribution < -0.4 is 10.3 Å². The number of pyridine rings is 1. The molecule has 3 N–H and O–H groups in total. The van der Waals surface area contributed by atoms with Crippen molar-refractivity contribution in [1.82, 2.24) is 9.29 Å². The Hall–Kier alpha value is -2.60. The van der Waals surface area contributed by atoms with E-state index in [4.69, 9.17) is 9.84 Å². The molecule has 0 bridgehead atoms. The van der Waals surface area contributed by atoms with Crippen LogP contribution in [-0.2, 0) is 21.3 Å². The van der Waals surface area contributed by atoms with Gasteiger partial charge in [0, 0.05) is 18.7 Å². The van der Waals surface area contributed by atoms with Crippen molar-refractivity contribution in [2.75, 3.05) is 26.4 Å². The summed E-state index contributed by atoms with van der Waals surface area (Å²) in [6, 6.07) is 5.78. The van der Waals surface area contributed by atoms with Gasteiger partial charge < -0.3 is 14.9 Å². The molecule has 1 heterocycles. The number of nitrogens with zero attached hydrogens (tertiary/aromatic N) is 3. The lowest BCUT2D eigenvalue weighted by Crippen LogP contribution is -2.27. The molecule has 10 nitrogen and oxygen atoms in total. The lowest BCUT2D eigenvalue weighted by atomic mass is 10.1. The third kappa shape index (κ3) is 7.19. The first-order valence-corrected chi connectivity index (χ1v) is 12.2. The Labute approximate surface area is 194 Å². The Kier molecular flexibility index (Phi) is 9.71. The molecule has 0 aliphatic rings. The Morgan fingerprint density at radius 2 is 1.76 bits per heavy atom. The second kappa shape index (κ2) is 12.0. The Balaban J connectivity index is 2.20. The summed E-state index contributed by atoms with van der Waals surface area (Å²) in [6.45, 7) is 8.07. The van der Waals surface area contributed by atoms with Crippen LogP contribution in [0.15, 0.2) is 44.2 Å². The average molecular weight is 481 g/mol. The second-order valence-corrected chi connectivity index (χ2v) is 9.76. The number of sulfonamides is 1. The number of benzene rings is 1. The summed E-state index contributed by atoms with van der Waals surface area (Å²) in [5.74, 6) is 0.125. The van der Waals surface area contributed by atoms with Crippen LogP contribution in [0.4, 0.5) is 11.4 Å². The van der Waals surface area contributed by atoms with Gasteiger partial charge in [-0.25, -0.2) is 13.1 Å². The number of hydrogen-bond acceptors (Lipinski definition) is 8. The largest absolute Gasteiger partial charge is 0.493 e. The van der Waals surface area contributed by atoms with E-state index < -0.39 is 10.0 Å². The molecule has 0 aliphatic heterocycles. The van der Waals surface area contributed by atoms with E-state index in [1.54, 1.807) is 13.8 Å². The van der Waals surface area contributed by atoms with Crippen LogP contribution in [0.25, 0.3) is 0 Å². The van der Waals surface area contributed by atoms with E-state index in [-0.39, 0.29) is 48.4 Å². The Morgan fingerprint density at radius 1 is 1.09 bits per heavy atom. The number of aromatic nitrogens is 1. The summed E-state index contributed by atoms with van der Waals surface area (Å²) in [4.78, 5) is 12.6. The first kappa shape index (κ1) is 26.7. The van der Waals surface area contributed by atoms with Crippen molar-refractivity contribution in [3.8, 4) is 5.88 Å². The fourth-order valence-corrected chi connectivity index (χ4v) is 3.96. The molecule has 2 aromatic rings. The molecule has 0 saturated heterocycles. The molecule has 0 spiro atoms. The minimum atomic E-state index is -3.72. The Bertz CT molecular complexity index is 1130. The van der Waals surface area contributed by atoms with Gasteiger partial charge in [-0.2, -0.15) is 5.11 Å². The van der Waals surface area contributed by atoms with Gasteiger partial charge in [-0.05, 0) is 56.0 Å². The third-order valence-corrected chi connectivity index (χ3v) is 6.54. The van der Waals surface area contributed by atoms with Crippen LogP contribution in [0, 0.1) is 19.8 Å². The number of aromatic hydroxyl groups is 1. The monoisotopic (exact) mass is 480 g/mol. The molecule has 1 aromatic heterocycles. The van der Waals surface area contributed by atoms with E-state index in [0.717, 1.165) is 6.42 Å². The lowest BCUT2D eigenvalue weighted by Gasteiger charge is -2.15. The van der Waals surface area contributed by atoms with Crippen molar-refractivity contribution in [1.29, 1.82) is 0 Å². The zero-order chi connectivity index (χ0) is 24.6. The first-order chi connectivity index (χ1) is 15.6. The quantitative estimate of drug-likeness (QED) is 0.315. The lowest BCUT2D eigenvalue weighted by molar-refractivity contribution is 0.0961. The van der Waals surface area contributed by atoms with Gasteiger partial charge in [0.25, 0.3) is 5.56 Å². The molecule has 1 aromatic carbocycles. The number of aliphatic hydroxyl groups excluding tert-OH is 1. The summed E-state index contributed by atoms with van der Waals surface area (Å²) in [5.41, 5.74) is 1.36. The maximum absolute atomic E-state index is 12.6. The van der Waals surface area contributed by atoms with E-state index in [9.17, 15) is 18.3 Å². The second-order valence-electron chi connectivity index (χ2n) is 7.99. The highest BCUT2D eigenvalue weighted by Crippen LogP contribution is 2.32. The Morgan fingerprint density at radius 3 is 2.36 bits per heavy atom. The molecular formula is C22H32N4O6S. The van der Waals surface area contributed by atoms with Gasteiger partial charge in [0.15, 0.2) is 0 Å². The van der Waals surface area contributed by atoms with Crippen LogP contribution >= 0.6 is 0 Å². The molecule has 33 heavy (non-hydrogen) atoms. The SMILES string of the molecule is Cc1c(/N=N/c2ccc(S(=O)(=O)NCCOCCO)cc2)c(O)n(CCC(C)C)c(=O)c1C. The summed E-state index contributed by atoms with van der Waals surface area (Å²) in [7, 11) is -3.72. The first-order valence-electron chi connectivity index (χ1n) is 10.7. The van der Waals surface area contributed by atoms with Crippen molar-refractivity contribution in [2.45, 2.75) is 45.6 Å². The minimum Gasteiger partial charge on any atom is -0.493 e.